The molecule has 0 aromatic heterocycles. The van der Waals surface area contributed by atoms with Crippen molar-refractivity contribution in [2.24, 2.45) is 11.7 Å². The Bertz CT molecular complexity index is 586. The van der Waals surface area contributed by atoms with E-state index in [1.54, 1.807) is 4.90 Å². The van der Waals surface area contributed by atoms with E-state index in [-0.39, 0.29) is 16.7 Å². The minimum Gasteiger partial charge on any atom is -0.341 e. The van der Waals surface area contributed by atoms with Crippen LogP contribution in [0.3, 0.4) is 0 Å². The highest BCUT2D eigenvalue weighted by atomic mass is 35.5. The molecule has 5 nitrogen and oxygen atoms in total. The van der Waals surface area contributed by atoms with Crippen molar-refractivity contribution in [3.8, 4) is 0 Å². The van der Waals surface area contributed by atoms with Gasteiger partial charge in [0, 0.05) is 18.1 Å². The Morgan fingerprint density at radius 2 is 2.00 bits per heavy atom. The fraction of sp³-hybridized carbons (Fsp3) is 0.462. The summed E-state index contributed by atoms with van der Waals surface area (Å²) in [6.07, 6.45) is 0.837. The van der Waals surface area contributed by atoms with Crippen LogP contribution in [0.1, 0.15) is 6.42 Å². The van der Waals surface area contributed by atoms with Crippen LogP contribution in [0.5, 0.6) is 0 Å². The second kappa shape index (κ2) is 6.11. The minimum atomic E-state index is -3.62. The molecule has 0 spiro atoms. The summed E-state index contributed by atoms with van der Waals surface area (Å²) < 4.78 is 24.3. The van der Waals surface area contributed by atoms with E-state index < -0.39 is 15.6 Å². The first-order chi connectivity index (χ1) is 9.42. The highest BCUT2D eigenvalue weighted by Crippen LogP contribution is 2.18. The molecule has 1 aromatic rings. The number of rotatable bonds is 4. The van der Waals surface area contributed by atoms with Crippen LogP contribution in [0.4, 0.5) is 0 Å². The van der Waals surface area contributed by atoms with Crippen LogP contribution in [-0.2, 0) is 14.6 Å². The van der Waals surface area contributed by atoms with Gasteiger partial charge in [0.15, 0.2) is 9.84 Å². The van der Waals surface area contributed by atoms with Gasteiger partial charge in [0.1, 0.15) is 5.75 Å². The molecule has 1 saturated heterocycles. The van der Waals surface area contributed by atoms with Crippen molar-refractivity contribution in [3.05, 3.63) is 29.3 Å². The van der Waals surface area contributed by atoms with E-state index >= 15 is 0 Å². The molecular weight excluding hydrogens is 300 g/mol. The average Bonchev–Trinajstić information content (AvgIpc) is 2.87. The van der Waals surface area contributed by atoms with Crippen LogP contribution >= 0.6 is 11.6 Å². The molecular formula is C13H17ClN2O3S. The van der Waals surface area contributed by atoms with Crippen molar-refractivity contribution in [3.63, 3.8) is 0 Å². The Morgan fingerprint density at radius 3 is 2.55 bits per heavy atom. The van der Waals surface area contributed by atoms with Crippen molar-refractivity contribution in [2.75, 3.05) is 25.4 Å². The summed E-state index contributed by atoms with van der Waals surface area (Å²) >= 11 is 5.72. The Labute approximate surface area is 123 Å². The van der Waals surface area contributed by atoms with Gasteiger partial charge in [-0.2, -0.15) is 0 Å². The minimum absolute atomic E-state index is 0.116. The molecule has 7 heteroatoms. The van der Waals surface area contributed by atoms with Gasteiger partial charge in [0.2, 0.25) is 5.91 Å². The monoisotopic (exact) mass is 316 g/mol. The lowest BCUT2D eigenvalue weighted by molar-refractivity contribution is -0.127. The number of nitrogens with two attached hydrogens (primary N) is 1. The van der Waals surface area contributed by atoms with Gasteiger partial charge < -0.3 is 10.6 Å². The number of likely N-dealkylation sites (tertiary alicyclic amines) is 1. The van der Waals surface area contributed by atoms with Crippen LogP contribution in [0.15, 0.2) is 29.2 Å². The molecule has 0 saturated carbocycles. The molecule has 1 amide bonds. The smallest absolute Gasteiger partial charge is 0.238 e. The third-order valence-corrected chi connectivity index (χ3v) is 5.33. The lowest BCUT2D eigenvalue weighted by atomic mass is 10.1. The summed E-state index contributed by atoms with van der Waals surface area (Å²) in [5.41, 5.74) is 5.56. The molecule has 0 bridgehead atoms. The van der Waals surface area contributed by atoms with E-state index in [1.165, 1.54) is 24.3 Å². The average molecular weight is 317 g/mol. The predicted molar refractivity (Wildman–Crippen MR) is 77.2 cm³/mol. The van der Waals surface area contributed by atoms with E-state index in [4.69, 9.17) is 17.3 Å². The number of nitrogens with zero attached hydrogens (tertiary/aromatic N) is 1. The molecule has 1 fully saturated rings. The summed E-state index contributed by atoms with van der Waals surface area (Å²) in [4.78, 5) is 13.7. The van der Waals surface area contributed by atoms with Crippen molar-refractivity contribution in [1.82, 2.24) is 4.90 Å². The second-order valence-corrected chi connectivity index (χ2v) is 7.37. The molecule has 1 aromatic carbocycles. The van der Waals surface area contributed by atoms with Gasteiger partial charge >= 0.3 is 0 Å². The summed E-state index contributed by atoms with van der Waals surface area (Å²) in [5.74, 6) is -0.598. The number of hydrogen-bond donors (Lipinski definition) is 1. The van der Waals surface area contributed by atoms with Crippen LogP contribution in [0.25, 0.3) is 0 Å². The fourth-order valence-corrected chi connectivity index (χ4v) is 3.58. The number of carbonyl (C=O) groups is 1. The Morgan fingerprint density at radius 1 is 1.35 bits per heavy atom. The van der Waals surface area contributed by atoms with Crippen molar-refractivity contribution in [2.45, 2.75) is 11.3 Å². The summed E-state index contributed by atoms with van der Waals surface area (Å²) in [5, 5.41) is 0.459. The lowest BCUT2D eigenvalue weighted by Crippen LogP contribution is -2.34. The molecule has 0 aliphatic carbocycles. The number of sulfone groups is 1. The summed E-state index contributed by atoms with van der Waals surface area (Å²) in [7, 11) is -3.62. The van der Waals surface area contributed by atoms with E-state index in [2.05, 4.69) is 0 Å². The van der Waals surface area contributed by atoms with Gasteiger partial charge in [-0.15, -0.1) is 0 Å². The summed E-state index contributed by atoms with van der Waals surface area (Å²) in [6.45, 7) is 1.65. The first kappa shape index (κ1) is 15.3. The third-order valence-electron chi connectivity index (χ3n) is 3.46. The Hall–Kier alpha value is -1.11. The van der Waals surface area contributed by atoms with Gasteiger partial charge in [0.05, 0.1) is 4.90 Å². The van der Waals surface area contributed by atoms with Gasteiger partial charge in [-0.1, -0.05) is 11.6 Å². The van der Waals surface area contributed by atoms with E-state index in [1.807, 2.05) is 0 Å². The normalized spacial score (nSPS) is 19.3. The molecule has 0 radical (unpaired) electrons. The zero-order valence-electron chi connectivity index (χ0n) is 11.0. The maximum Gasteiger partial charge on any atom is 0.238 e. The van der Waals surface area contributed by atoms with Crippen molar-refractivity contribution >= 4 is 27.3 Å². The highest BCUT2D eigenvalue weighted by molar-refractivity contribution is 7.92. The molecule has 1 atom stereocenters. The molecule has 20 heavy (non-hydrogen) atoms. The molecule has 2 N–H and O–H groups in total. The zero-order chi connectivity index (χ0) is 14.8. The first-order valence-electron chi connectivity index (χ1n) is 6.38. The predicted octanol–water partition coefficient (Wildman–Crippen LogP) is 0.921. The quantitative estimate of drug-likeness (QED) is 0.895. The number of halogens is 1. The van der Waals surface area contributed by atoms with E-state index in [0.29, 0.717) is 24.7 Å². The van der Waals surface area contributed by atoms with Crippen LogP contribution in [0.2, 0.25) is 5.02 Å². The van der Waals surface area contributed by atoms with Gasteiger partial charge in [-0.25, -0.2) is 8.42 Å². The molecule has 1 aliphatic heterocycles. The van der Waals surface area contributed by atoms with Gasteiger partial charge in [-0.05, 0) is 43.1 Å². The SMILES string of the molecule is NC[C@@H]1CCN(C(=O)CS(=O)(=O)c2ccc(Cl)cc2)C1. The van der Waals surface area contributed by atoms with Crippen LogP contribution < -0.4 is 5.73 Å². The standard InChI is InChI=1S/C13H17ClN2O3S/c14-11-1-3-12(4-2-11)20(18,19)9-13(17)16-6-5-10(7-15)8-16/h1-4,10H,5-9,15H2/t10-/m0/s1. The van der Waals surface area contributed by atoms with Crippen molar-refractivity contribution in [1.29, 1.82) is 0 Å². The maximum absolute atomic E-state index is 12.1. The maximum atomic E-state index is 12.1. The number of amides is 1. The van der Waals surface area contributed by atoms with Crippen LogP contribution in [0, 0.1) is 5.92 Å². The number of benzene rings is 1. The lowest BCUT2D eigenvalue weighted by Gasteiger charge is -2.16. The highest BCUT2D eigenvalue weighted by Gasteiger charge is 2.29. The van der Waals surface area contributed by atoms with E-state index in [0.717, 1.165) is 6.42 Å². The van der Waals surface area contributed by atoms with Crippen LogP contribution in [-0.4, -0.2) is 44.6 Å². The Balaban J connectivity index is 2.05. The molecule has 0 unspecified atom stereocenters. The molecule has 2 rings (SSSR count). The second-order valence-electron chi connectivity index (χ2n) is 4.94. The van der Waals surface area contributed by atoms with Gasteiger partial charge in [-0.3, -0.25) is 4.79 Å². The topological polar surface area (TPSA) is 80.5 Å². The zero-order valence-corrected chi connectivity index (χ0v) is 12.5. The first-order valence-corrected chi connectivity index (χ1v) is 8.41. The Kier molecular flexibility index (Phi) is 4.67. The molecule has 1 heterocycles. The molecule has 110 valence electrons. The van der Waals surface area contributed by atoms with Gasteiger partial charge in [0.25, 0.3) is 0 Å². The summed E-state index contributed by atoms with van der Waals surface area (Å²) in [6, 6.07) is 5.83. The number of hydrogen-bond acceptors (Lipinski definition) is 4. The third kappa shape index (κ3) is 3.50. The fourth-order valence-electron chi connectivity index (χ4n) is 2.23. The van der Waals surface area contributed by atoms with E-state index in [9.17, 15) is 13.2 Å². The number of carbonyl (C=O) groups excluding carboxylic acids is 1. The largest absolute Gasteiger partial charge is 0.341 e. The van der Waals surface area contributed by atoms with Crippen molar-refractivity contribution < 1.29 is 13.2 Å². The molecule has 1 aliphatic rings.